The van der Waals surface area contributed by atoms with E-state index in [2.05, 4.69) is 5.32 Å². The van der Waals surface area contributed by atoms with Crippen LogP contribution in [0.4, 0.5) is 11.4 Å². The lowest BCUT2D eigenvalue weighted by molar-refractivity contribution is -0.385. The summed E-state index contributed by atoms with van der Waals surface area (Å²) in [5.41, 5.74) is -0.706. The third-order valence-corrected chi connectivity index (χ3v) is 4.24. The van der Waals surface area contributed by atoms with Gasteiger partial charge in [0.05, 0.1) is 21.2 Å². The lowest BCUT2D eigenvalue weighted by Gasteiger charge is -2.14. The Morgan fingerprint density at radius 2 is 1.88 bits per heavy atom. The zero-order valence-corrected chi connectivity index (χ0v) is 14.4. The average Bonchev–Trinajstić information content (AvgIpc) is 2.83. The molecule has 0 aromatic heterocycles. The number of amides is 3. The minimum absolute atomic E-state index is 0.113. The molecule has 3 amide bonds. The number of carbonyl (C=O) groups excluding carboxylic acids is 3. The second kappa shape index (κ2) is 6.74. The third-order valence-electron chi connectivity index (χ3n) is 3.68. The van der Waals surface area contributed by atoms with Crippen LogP contribution in [0.15, 0.2) is 36.4 Å². The van der Waals surface area contributed by atoms with E-state index in [9.17, 15) is 24.5 Å². The van der Waals surface area contributed by atoms with Gasteiger partial charge < -0.3 is 5.32 Å². The van der Waals surface area contributed by atoms with Crippen molar-refractivity contribution in [2.75, 3.05) is 11.9 Å². The Kier molecular flexibility index (Phi) is 4.62. The monoisotopic (exact) mass is 393 g/mol. The molecule has 1 aliphatic rings. The first-order chi connectivity index (χ1) is 12.3. The van der Waals surface area contributed by atoms with E-state index >= 15 is 0 Å². The number of carbonyl (C=O) groups is 3. The number of benzene rings is 2. The van der Waals surface area contributed by atoms with Gasteiger partial charge in [0, 0.05) is 11.1 Å². The number of rotatable bonds is 4. The zero-order chi connectivity index (χ0) is 19.0. The summed E-state index contributed by atoms with van der Waals surface area (Å²) in [7, 11) is 0. The standard InChI is InChI=1S/C16H9Cl2N3O5/c17-8-4-5-10(18)11(6-8)19-13(22)7-20-15(23)9-2-1-3-12(21(25)26)14(9)16(20)24/h1-6H,7H2,(H,19,22). The molecule has 132 valence electrons. The largest absolute Gasteiger partial charge is 0.323 e. The van der Waals surface area contributed by atoms with Gasteiger partial charge in [0.25, 0.3) is 17.5 Å². The molecule has 0 saturated carbocycles. The van der Waals surface area contributed by atoms with E-state index in [1.807, 2.05) is 0 Å². The molecule has 10 heteroatoms. The topological polar surface area (TPSA) is 110 Å². The van der Waals surface area contributed by atoms with Crippen LogP contribution >= 0.6 is 23.2 Å². The van der Waals surface area contributed by atoms with Crippen LogP contribution in [-0.4, -0.2) is 34.1 Å². The van der Waals surface area contributed by atoms with Gasteiger partial charge in [0.2, 0.25) is 5.91 Å². The van der Waals surface area contributed by atoms with Crippen LogP contribution in [0.3, 0.4) is 0 Å². The molecular formula is C16H9Cl2N3O5. The molecule has 1 N–H and O–H groups in total. The van der Waals surface area contributed by atoms with Gasteiger partial charge in [-0.2, -0.15) is 0 Å². The average molecular weight is 394 g/mol. The highest BCUT2D eigenvalue weighted by atomic mass is 35.5. The Labute approximate surface area is 156 Å². The highest BCUT2D eigenvalue weighted by molar-refractivity contribution is 6.35. The lowest BCUT2D eigenvalue weighted by Crippen LogP contribution is -2.37. The van der Waals surface area contributed by atoms with Gasteiger partial charge in [-0.3, -0.25) is 29.4 Å². The van der Waals surface area contributed by atoms with Crippen molar-refractivity contribution in [2.45, 2.75) is 0 Å². The Bertz CT molecular complexity index is 976. The molecule has 0 saturated heterocycles. The number of nitrogens with zero attached hydrogens (tertiary/aromatic N) is 2. The number of nitrogens with one attached hydrogen (secondary N) is 1. The summed E-state index contributed by atoms with van der Waals surface area (Å²) in [4.78, 5) is 47.9. The van der Waals surface area contributed by atoms with Crippen LogP contribution in [0.1, 0.15) is 20.7 Å². The Morgan fingerprint density at radius 3 is 2.58 bits per heavy atom. The van der Waals surface area contributed by atoms with Crippen molar-refractivity contribution in [3.05, 3.63) is 67.7 Å². The van der Waals surface area contributed by atoms with E-state index in [1.165, 1.54) is 30.3 Å². The number of nitro groups is 1. The molecule has 8 nitrogen and oxygen atoms in total. The van der Waals surface area contributed by atoms with Crippen LogP contribution in [0.5, 0.6) is 0 Å². The summed E-state index contributed by atoms with van der Waals surface area (Å²) >= 11 is 11.8. The van der Waals surface area contributed by atoms with Crippen LogP contribution in [0, 0.1) is 10.1 Å². The van der Waals surface area contributed by atoms with Gasteiger partial charge in [-0.05, 0) is 24.3 Å². The van der Waals surface area contributed by atoms with Crippen molar-refractivity contribution in [3.8, 4) is 0 Å². The fourth-order valence-electron chi connectivity index (χ4n) is 2.54. The first-order valence-corrected chi connectivity index (χ1v) is 7.93. The van der Waals surface area contributed by atoms with E-state index in [4.69, 9.17) is 23.2 Å². The first-order valence-electron chi connectivity index (χ1n) is 7.18. The molecule has 2 aromatic carbocycles. The number of imide groups is 1. The van der Waals surface area contributed by atoms with E-state index < -0.39 is 34.9 Å². The van der Waals surface area contributed by atoms with Gasteiger partial charge in [0.15, 0.2) is 0 Å². The molecule has 26 heavy (non-hydrogen) atoms. The molecule has 0 radical (unpaired) electrons. The quantitative estimate of drug-likeness (QED) is 0.487. The van der Waals surface area contributed by atoms with Gasteiger partial charge in [-0.1, -0.05) is 29.3 Å². The maximum absolute atomic E-state index is 12.4. The van der Waals surface area contributed by atoms with Crippen molar-refractivity contribution in [1.29, 1.82) is 0 Å². The van der Waals surface area contributed by atoms with Gasteiger partial charge in [0.1, 0.15) is 12.1 Å². The first kappa shape index (κ1) is 17.8. The molecular weight excluding hydrogens is 385 g/mol. The van der Waals surface area contributed by atoms with Crippen LogP contribution in [0.2, 0.25) is 10.0 Å². The van der Waals surface area contributed by atoms with Crippen molar-refractivity contribution in [2.24, 2.45) is 0 Å². The number of hydrogen-bond acceptors (Lipinski definition) is 5. The highest BCUT2D eigenvalue weighted by Gasteiger charge is 2.41. The Balaban J connectivity index is 1.83. The number of anilines is 1. The van der Waals surface area contributed by atoms with E-state index in [1.54, 1.807) is 0 Å². The predicted molar refractivity (Wildman–Crippen MR) is 93.6 cm³/mol. The van der Waals surface area contributed by atoms with Gasteiger partial charge in [-0.15, -0.1) is 0 Å². The minimum atomic E-state index is -0.898. The van der Waals surface area contributed by atoms with Crippen molar-refractivity contribution in [1.82, 2.24) is 4.90 Å². The van der Waals surface area contributed by atoms with Gasteiger partial charge in [-0.25, -0.2) is 0 Å². The molecule has 1 aliphatic heterocycles. The summed E-state index contributed by atoms with van der Waals surface area (Å²) in [6.07, 6.45) is 0. The SMILES string of the molecule is O=C(CN1C(=O)c2cccc([N+](=O)[O-])c2C1=O)Nc1cc(Cl)ccc1Cl. The maximum Gasteiger partial charge on any atom is 0.282 e. The Hall–Kier alpha value is -2.97. The smallest absolute Gasteiger partial charge is 0.282 e. The maximum atomic E-state index is 12.4. The molecule has 3 rings (SSSR count). The van der Waals surface area contributed by atoms with Crippen molar-refractivity contribution >= 4 is 52.3 Å². The third kappa shape index (κ3) is 3.12. The molecule has 0 spiro atoms. The molecule has 0 unspecified atom stereocenters. The van der Waals surface area contributed by atoms with Crippen molar-refractivity contribution in [3.63, 3.8) is 0 Å². The lowest BCUT2D eigenvalue weighted by atomic mass is 10.1. The predicted octanol–water partition coefficient (Wildman–Crippen LogP) is 3.14. The number of fused-ring (bicyclic) bond motifs is 1. The number of hydrogen-bond donors (Lipinski definition) is 1. The second-order valence-electron chi connectivity index (χ2n) is 5.33. The van der Waals surface area contributed by atoms with Crippen LogP contribution in [0.25, 0.3) is 0 Å². The van der Waals surface area contributed by atoms with Crippen LogP contribution < -0.4 is 5.32 Å². The second-order valence-corrected chi connectivity index (χ2v) is 6.17. The fourth-order valence-corrected chi connectivity index (χ4v) is 2.87. The number of halogens is 2. The minimum Gasteiger partial charge on any atom is -0.323 e. The fraction of sp³-hybridized carbons (Fsp3) is 0.0625. The van der Waals surface area contributed by atoms with Crippen molar-refractivity contribution < 1.29 is 19.3 Å². The summed E-state index contributed by atoms with van der Waals surface area (Å²) in [6.45, 7) is -0.619. The normalized spacial score (nSPS) is 12.9. The molecule has 1 heterocycles. The molecule has 0 fully saturated rings. The summed E-state index contributed by atoms with van der Waals surface area (Å²) in [5, 5.41) is 14.1. The number of nitro benzene ring substituents is 1. The van der Waals surface area contributed by atoms with Gasteiger partial charge >= 0.3 is 0 Å². The summed E-state index contributed by atoms with van der Waals surface area (Å²) in [5.74, 6) is -2.38. The highest BCUT2D eigenvalue weighted by Crippen LogP contribution is 2.31. The van der Waals surface area contributed by atoms with E-state index in [0.717, 1.165) is 6.07 Å². The summed E-state index contributed by atoms with van der Waals surface area (Å²) in [6, 6.07) is 8.15. The summed E-state index contributed by atoms with van der Waals surface area (Å²) < 4.78 is 0. The van der Waals surface area contributed by atoms with Crippen LogP contribution in [-0.2, 0) is 4.79 Å². The molecule has 0 bridgehead atoms. The Morgan fingerprint density at radius 1 is 1.15 bits per heavy atom. The molecule has 0 aliphatic carbocycles. The van der Waals surface area contributed by atoms with E-state index in [-0.39, 0.29) is 21.8 Å². The van der Waals surface area contributed by atoms with E-state index in [0.29, 0.717) is 9.92 Å². The molecule has 2 aromatic rings. The zero-order valence-electron chi connectivity index (χ0n) is 12.9. The molecule has 0 atom stereocenters.